The first-order chi connectivity index (χ1) is 6.11. The molecule has 0 aliphatic heterocycles. The van der Waals surface area contributed by atoms with E-state index >= 15 is 0 Å². The van der Waals surface area contributed by atoms with E-state index in [1.165, 1.54) is 5.69 Å². The summed E-state index contributed by atoms with van der Waals surface area (Å²) < 4.78 is 2.05. The monoisotopic (exact) mass is 213 g/mol. The molecule has 1 heterocycles. The smallest absolute Gasteiger partial charge is 0.0835 e. The molecule has 0 saturated carbocycles. The zero-order valence-electron chi connectivity index (χ0n) is 7.44. The first-order valence-electron chi connectivity index (χ1n) is 4.01. The molecule has 0 spiro atoms. The van der Waals surface area contributed by atoms with Crippen molar-refractivity contribution in [3.8, 4) is 0 Å². The summed E-state index contributed by atoms with van der Waals surface area (Å²) in [6.45, 7) is 2.05. The largest absolute Gasteiger partial charge is 0.347 e. The SMILES string of the molecule is Cc1cc2ccc(Cl)c(Cl)c2n1C. The van der Waals surface area contributed by atoms with Crippen molar-refractivity contribution in [3.63, 3.8) is 0 Å². The van der Waals surface area contributed by atoms with E-state index in [2.05, 4.69) is 6.07 Å². The van der Waals surface area contributed by atoms with Gasteiger partial charge in [0.2, 0.25) is 0 Å². The molecule has 0 amide bonds. The second-order valence-corrected chi connectivity index (χ2v) is 3.93. The fraction of sp³-hybridized carbons (Fsp3) is 0.200. The molecule has 0 bridgehead atoms. The maximum Gasteiger partial charge on any atom is 0.0835 e. The van der Waals surface area contributed by atoms with Crippen LogP contribution in [0.3, 0.4) is 0 Å². The number of hydrogen-bond acceptors (Lipinski definition) is 0. The normalized spacial score (nSPS) is 11.1. The van der Waals surface area contributed by atoms with Gasteiger partial charge in [0, 0.05) is 18.1 Å². The summed E-state index contributed by atoms with van der Waals surface area (Å²) in [5.41, 5.74) is 2.19. The van der Waals surface area contributed by atoms with Crippen molar-refractivity contribution in [2.75, 3.05) is 0 Å². The van der Waals surface area contributed by atoms with Crippen molar-refractivity contribution < 1.29 is 0 Å². The lowest BCUT2D eigenvalue weighted by molar-refractivity contribution is 0.918. The summed E-state index contributed by atoms with van der Waals surface area (Å²) in [4.78, 5) is 0. The summed E-state index contributed by atoms with van der Waals surface area (Å²) in [6.07, 6.45) is 0. The van der Waals surface area contributed by atoms with Crippen LogP contribution >= 0.6 is 23.2 Å². The molecule has 0 fully saturated rings. The Morgan fingerprint density at radius 1 is 1.23 bits per heavy atom. The number of aryl methyl sites for hydroxylation is 2. The number of rotatable bonds is 0. The lowest BCUT2D eigenvalue weighted by Crippen LogP contribution is -1.90. The van der Waals surface area contributed by atoms with Gasteiger partial charge in [-0.15, -0.1) is 0 Å². The molecule has 0 aliphatic carbocycles. The van der Waals surface area contributed by atoms with Gasteiger partial charge in [0.25, 0.3) is 0 Å². The molecule has 68 valence electrons. The Balaban J connectivity index is 2.97. The molecule has 0 radical (unpaired) electrons. The maximum atomic E-state index is 6.09. The zero-order chi connectivity index (χ0) is 9.59. The van der Waals surface area contributed by atoms with Gasteiger partial charge in [0.05, 0.1) is 15.6 Å². The highest BCUT2D eigenvalue weighted by Crippen LogP contribution is 2.31. The number of hydrogen-bond donors (Lipinski definition) is 0. The third-order valence-electron chi connectivity index (χ3n) is 2.33. The van der Waals surface area contributed by atoms with Crippen LogP contribution in [0.4, 0.5) is 0 Å². The maximum absolute atomic E-state index is 6.09. The molecular weight excluding hydrogens is 205 g/mol. The lowest BCUT2D eigenvalue weighted by atomic mass is 10.2. The summed E-state index contributed by atoms with van der Waals surface area (Å²) in [7, 11) is 1.99. The van der Waals surface area contributed by atoms with Crippen LogP contribution in [0.1, 0.15) is 5.69 Å². The molecule has 0 unspecified atom stereocenters. The molecule has 13 heavy (non-hydrogen) atoms. The Hall–Kier alpha value is -0.660. The molecule has 0 aliphatic rings. The molecule has 2 aromatic rings. The Morgan fingerprint density at radius 3 is 2.62 bits per heavy atom. The average molecular weight is 214 g/mol. The third kappa shape index (κ3) is 1.23. The van der Waals surface area contributed by atoms with Gasteiger partial charge in [0.15, 0.2) is 0 Å². The first kappa shape index (κ1) is 8.92. The summed E-state index contributed by atoms with van der Waals surface area (Å²) in [5.74, 6) is 0. The van der Waals surface area contributed by atoms with Crippen molar-refractivity contribution in [3.05, 3.63) is 33.9 Å². The topological polar surface area (TPSA) is 4.93 Å². The van der Waals surface area contributed by atoms with Gasteiger partial charge < -0.3 is 4.57 Å². The zero-order valence-corrected chi connectivity index (χ0v) is 8.95. The van der Waals surface area contributed by atoms with Crippen LogP contribution in [0, 0.1) is 6.92 Å². The molecular formula is C10H9Cl2N. The fourth-order valence-corrected chi connectivity index (χ4v) is 1.96. The van der Waals surface area contributed by atoms with E-state index in [4.69, 9.17) is 23.2 Å². The second kappa shape index (κ2) is 2.93. The predicted octanol–water partition coefficient (Wildman–Crippen LogP) is 3.79. The van der Waals surface area contributed by atoms with Gasteiger partial charge in [-0.25, -0.2) is 0 Å². The second-order valence-electron chi connectivity index (χ2n) is 3.14. The quantitative estimate of drug-likeness (QED) is 0.628. The molecule has 3 heteroatoms. The number of nitrogens with zero attached hydrogens (tertiary/aromatic N) is 1. The Labute approximate surface area is 86.9 Å². The van der Waals surface area contributed by atoms with Crippen molar-refractivity contribution in [2.45, 2.75) is 6.92 Å². The highest BCUT2D eigenvalue weighted by molar-refractivity contribution is 6.45. The molecule has 1 nitrogen and oxygen atoms in total. The fourth-order valence-electron chi connectivity index (χ4n) is 1.51. The predicted molar refractivity (Wildman–Crippen MR) is 57.7 cm³/mol. The average Bonchev–Trinajstić information content (AvgIpc) is 2.37. The van der Waals surface area contributed by atoms with Crippen LogP contribution in [0.15, 0.2) is 18.2 Å². The molecule has 1 aromatic heterocycles. The summed E-state index contributed by atoms with van der Waals surface area (Å²) >= 11 is 12.0. The van der Waals surface area contributed by atoms with Crippen LogP contribution in [0.5, 0.6) is 0 Å². The molecule has 0 N–H and O–H groups in total. The van der Waals surface area contributed by atoms with E-state index in [1.807, 2.05) is 30.7 Å². The van der Waals surface area contributed by atoms with Gasteiger partial charge in [-0.2, -0.15) is 0 Å². The first-order valence-corrected chi connectivity index (χ1v) is 4.77. The van der Waals surface area contributed by atoms with Gasteiger partial charge >= 0.3 is 0 Å². The minimum Gasteiger partial charge on any atom is -0.347 e. The molecule has 2 rings (SSSR count). The van der Waals surface area contributed by atoms with Crippen LogP contribution < -0.4 is 0 Å². The Kier molecular flexibility index (Phi) is 2.01. The van der Waals surface area contributed by atoms with Crippen LogP contribution in [0.25, 0.3) is 10.9 Å². The third-order valence-corrected chi connectivity index (χ3v) is 3.12. The van der Waals surface area contributed by atoms with E-state index in [0.717, 1.165) is 10.9 Å². The van der Waals surface area contributed by atoms with Crippen LogP contribution in [-0.4, -0.2) is 4.57 Å². The van der Waals surface area contributed by atoms with E-state index in [1.54, 1.807) is 0 Å². The van der Waals surface area contributed by atoms with Crippen molar-refractivity contribution in [2.24, 2.45) is 7.05 Å². The minimum absolute atomic E-state index is 0.607. The van der Waals surface area contributed by atoms with Gasteiger partial charge in [0.1, 0.15) is 0 Å². The lowest BCUT2D eigenvalue weighted by Gasteiger charge is -2.02. The van der Waals surface area contributed by atoms with Crippen LogP contribution in [0.2, 0.25) is 10.0 Å². The van der Waals surface area contributed by atoms with E-state index in [0.29, 0.717) is 10.0 Å². The highest BCUT2D eigenvalue weighted by Gasteiger charge is 2.08. The Bertz CT molecular complexity index is 471. The van der Waals surface area contributed by atoms with E-state index in [-0.39, 0.29) is 0 Å². The number of benzene rings is 1. The standard InChI is InChI=1S/C10H9Cl2N/c1-6-5-7-3-4-8(11)9(12)10(7)13(6)2/h3-5H,1-2H3. The van der Waals surface area contributed by atoms with Crippen LogP contribution in [-0.2, 0) is 7.05 Å². The van der Waals surface area contributed by atoms with Gasteiger partial charge in [-0.3, -0.25) is 0 Å². The molecule has 0 saturated heterocycles. The van der Waals surface area contributed by atoms with Crippen molar-refractivity contribution >= 4 is 34.1 Å². The van der Waals surface area contributed by atoms with E-state index in [9.17, 15) is 0 Å². The summed E-state index contributed by atoms with van der Waals surface area (Å²) in [6, 6.07) is 5.90. The number of halogens is 2. The highest BCUT2D eigenvalue weighted by atomic mass is 35.5. The molecule has 1 aromatic carbocycles. The Morgan fingerprint density at radius 2 is 1.92 bits per heavy atom. The van der Waals surface area contributed by atoms with Crippen molar-refractivity contribution in [1.29, 1.82) is 0 Å². The minimum atomic E-state index is 0.607. The number of fused-ring (bicyclic) bond motifs is 1. The van der Waals surface area contributed by atoms with Crippen molar-refractivity contribution in [1.82, 2.24) is 4.57 Å². The summed E-state index contributed by atoms with van der Waals surface area (Å²) in [5, 5.41) is 2.37. The van der Waals surface area contributed by atoms with Gasteiger partial charge in [-0.05, 0) is 19.1 Å². The van der Waals surface area contributed by atoms with Gasteiger partial charge in [-0.1, -0.05) is 29.3 Å². The molecule has 0 atom stereocenters. The number of aromatic nitrogens is 1. The van der Waals surface area contributed by atoms with E-state index < -0.39 is 0 Å².